The Morgan fingerprint density at radius 2 is 1.37 bits per heavy atom. The molecular weight excluding hydrogens is 335 g/mol. The molecular formula is C18H31Sn. The molecule has 0 aliphatic heterocycles. The molecule has 1 heteroatoms. The van der Waals surface area contributed by atoms with E-state index in [-0.39, 0.29) is 0 Å². The molecule has 0 saturated heterocycles. The summed E-state index contributed by atoms with van der Waals surface area (Å²) in [5.74, 6) is 0. The molecule has 0 bridgehead atoms. The molecule has 1 aromatic carbocycles. The first-order chi connectivity index (χ1) is 9.33. The van der Waals surface area contributed by atoms with Crippen molar-refractivity contribution >= 4 is 23.3 Å². The van der Waals surface area contributed by atoms with E-state index in [1.165, 1.54) is 44.9 Å². The van der Waals surface area contributed by atoms with E-state index in [2.05, 4.69) is 45.0 Å². The number of aryl methyl sites for hydroxylation is 1. The third-order valence-corrected chi connectivity index (χ3v) is 12.9. The monoisotopic (exact) mass is 367 g/mol. The predicted molar refractivity (Wildman–Crippen MR) is 89.9 cm³/mol. The SMILES string of the molecule is CCCCc1cccc[c]1[Sn]([CH2]CCC)[CH2]CCC. The molecule has 107 valence electrons. The number of hydrogen-bond acceptors (Lipinski definition) is 0. The van der Waals surface area contributed by atoms with Gasteiger partial charge in [0.15, 0.2) is 0 Å². The summed E-state index contributed by atoms with van der Waals surface area (Å²) in [4.78, 5) is 0. The van der Waals surface area contributed by atoms with Crippen LogP contribution in [0.5, 0.6) is 0 Å². The molecule has 0 N–H and O–H groups in total. The van der Waals surface area contributed by atoms with Crippen molar-refractivity contribution in [3.8, 4) is 0 Å². The minimum atomic E-state index is -1.34. The molecule has 0 aliphatic rings. The van der Waals surface area contributed by atoms with E-state index in [0.29, 0.717) is 0 Å². The second-order valence-corrected chi connectivity index (χ2v) is 13.4. The van der Waals surface area contributed by atoms with Crippen molar-refractivity contribution in [1.82, 2.24) is 0 Å². The van der Waals surface area contributed by atoms with Gasteiger partial charge in [0.25, 0.3) is 0 Å². The Morgan fingerprint density at radius 1 is 0.789 bits per heavy atom. The Labute approximate surface area is 127 Å². The molecule has 0 amide bonds. The van der Waals surface area contributed by atoms with E-state index >= 15 is 0 Å². The van der Waals surface area contributed by atoms with Crippen LogP contribution in [0, 0.1) is 0 Å². The van der Waals surface area contributed by atoms with Gasteiger partial charge in [-0.05, 0) is 0 Å². The van der Waals surface area contributed by atoms with Crippen LogP contribution in [0.1, 0.15) is 64.9 Å². The molecule has 0 aliphatic carbocycles. The number of hydrogen-bond donors (Lipinski definition) is 0. The van der Waals surface area contributed by atoms with Gasteiger partial charge < -0.3 is 0 Å². The Kier molecular flexibility index (Phi) is 9.67. The molecule has 1 radical (unpaired) electrons. The first kappa shape index (κ1) is 17.1. The molecule has 0 nitrogen and oxygen atoms in total. The molecule has 19 heavy (non-hydrogen) atoms. The number of unbranched alkanes of at least 4 members (excludes halogenated alkanes) is 3. The van der Waals surface area contributed by atoms with Crippen molar-refractivity contribution in [3.05, 3.63) is 29.8 Å². The molecule has 0 spiro atoms. The molecule has 0 unspecified atom stereocenters. The average Bonchev–Trinajstić information content (AvgIpc) is 2.46. The second-order valence-electron chi connectivity index (χ2n) is 5.57. The van der Waals surface area contributed by atoms with Gasteiger partial charge in [0.1, 0.15) is 0 Å². The summed E-state index contributed by atoms with van der Waals surface area (Å²) in [5, 5.41) is 0. The first-order valence-corrected chi connectivity index (χ1v) is 13.7. The van der Waals surface area contributed by atoms with Gasteiger partial charge in [0.2, 0.25) is 0 Å². The first-order valence-electron chi connectivity index (χ1n) is 8.26. The van der Waals surface area contributed by atoms with Crippen molar-refractivity contribution in [2.24, 2.45) is 0 Å². The van der Waals surface area contributed by atoms with Crippen molar-refractivity contribution in [3.63, 3.8) is 0 Å². The van der Waals surface area contributed by atoms with Crippen LogP contribution in [0.4, 0.5) is 0 Å². The summed E-state index contributed by atoms with van der Waals surface area (Å²) in [6.45, 7) is 6.98. The van der Waals surface area contributed by atoms with Crippen LogP contribution in [-0.2, 0) is 6.42 Å². The predicted octanol–water partition coefficient (Wildman–Crippen LogP) is 5.33. The van der Waals surface area contributed by atoms with Crippen LogP contribution in [0.15, 0.2) is 24.3 Å². The summed E-state index contributed by atoms with van der Waals surface area (Å²) in [5.41, 5.74) is 1.70. The van der Waals surface area contributed by atoms with E-state index in [1.54, 1.807) is 14.4 Å². The van der Waals surface area contributed by atoms with Crippen molar-refractivity contribution in [2.45, 2.75) is 74.6 Å². The van der Waals surface area contributed by atoms with Gasteiger partial charge in [-0.15, -0.1) is 0 Å². The van der Waals surface area contributed by atoms with Gasteiger partial charge >= 0.3 is 128 Å². The molecule has 0 fully saturated rings. The topological polar surface area (TPSA) is 0 Å². The zero-order chi connectivity index (χ0) is 13.9. The molecule has 0 aromatic heterocycles. The maximum absolute atomic E-state index is 2.48. The fourth-order valence-electron chi connectivity index (χ4n) is 2.63. The third kappa shape index (κ3) is 6.33. The Balaban J connectivity index is 2.79. The summed E-state index contributed by atoms with van der Waals surface area (Å²) in [6, 6.07) is 9.41. The normalized spacial score (nSPS) is 11.2. The molecule has 1 aromatic rings. The summed E-state index contributed by atoms with van der Waals surface area (Å²) >= 11 is -1.34. The van der Waals surface area contributed by atoms with Crippen LogP contribution in [-0.4, -0.2) is 19.8 Å². The Hall–Kier alpha value is 0.0187. The van der Waals surface area contributed by atoms with E-state index in [9.17, 15) is 0 Å². The maximum atomic E-state index is 2.48. The van der Waals surface area contributed by atoms with Crippen molar-refractivity contribution in [1.29, 1.82) is 0 Å². The Morgan fingerprint density at radius 3 is 1.95 bits per heavy atom. The quantitative estimate of drug-likeness (QED) is 0.491. The third-order valence-electron chi connectivity index (χ3n) is 3.86. The summed E-state index contributed by atoms with van der Waals surface area (Å²) in [7, 11) is 0. The number of rotatable bonds is 10. The summed E-state index contributed by atoms with van der Waals surface area (Å²) < 4.78 is 4.99. The average molecular weight is 366 g/mol. The van der Waals surface area contributed by atoms with E-state index in [4.69, 9.17) is 0 Å². The fourth-order valence-corrected chi connectivity index (χ4v) is 12.2. The van der Waals surface area contributed by atoms with Gasteiger partial charge in [-0.25, -0.2) is 0 Å². The number of benzene rings is 1. The van der Waals surface area contributed by atoms with Gasteiger partial charge in [-0.3, -0.25) is 0 Å². The van der Waals surface area contributed by atoms with Crippen LogP contribution in [0.25, 0.3) is 0 Å². The Bertz CT molecular complexity index is 324. The molecule has 0 heterocycles. The zero-order valence-corrected chi connectivity index (χ0v) is 16.0. The standard InChI is InChI=1S/C10H13.2C4H9.Sn/c1-2-3-7-10-8-5-4-6-9-10;2*1-3-4-2;/h4-6,8H,2-3,7H2,1H3;2*1,3-4H2,2H3;. The van der Waals surface area contributed by atoms with Crippen molar-refractivity contribution in [2.75, 3.05) is 0 Å². The van der Waals surface area contributed by atoms with Crippen LogP contribution in [0.3, 0.4) is 0 Å². The van der Waals surface area contributed by atoms with Gasteiger partial charge in [-0.1, -0.05) is 0 Å². The van der Waals surface area contributed by atoms with Gasteiger partial charge in [0, 0.05) is 0 Å². The van der Waals surface area contributed by atoms with E-state index < -0.39 is 19.8 Å². The molecule has 0 saturated carbocycles. The second kappa shape index (κ2) is 10.8. The van der Waals surface area contributed by atoms with Gasteiger partial charge in [-0.2, -0.15) is 0 Å². The summed E-state index contributed by atoms with van der Waals surface area (Å²) in [6.07, 6.45) is 9.64. The fraction of sp³-hybridized carbons (Fsp3) is 0.667. The molecule has 1 rings (SSSR count). The van der Waals surface area contributed by atoms with Crippen LogP contribution < -0.4 is 3.58 Å². The van der Waals surface area contributed by atoms with Gasteiger partial charge in [0.05, 0.1) is 0 Å². The minimum absolute atomic E-state index is 1.31. The molecule has 0 atom stereocenters. The van der Waals surface area contributed by atoms with E-state index in [1.807, 2.05) is 3.58 Å². The van der Waals surface area contributed by atoms with Crippen LogP contribution >= 0.6 is 0 Å². The van der Waals surface area contributed by atoms with Crippen LogP contribution in [0.2, 0.25) is 8.87 Å². The van der Waals surface area contributed by atoms with Crippen molar-refractivity contribution < 1.29 is 0 Å². The zero-order valence-electron chi connectivity index (χ0n) is 13.2. The van der Waals surface area contributed by atoms with E-state index in [0.717, 1.165) is 0 Å².